The molecule has 4 rings (SSSR count). The first-order valence-electron chi connectivity index (χ1n) is 11.3. The summed E-state index contributed by atoms with van der Waals surface area (Å²) in [5.74, 6) is -5.01. The fourth-order valence-corrected chi connectivity index (χ4v) is 5.84. The number of aliphatic carboxylic acids is 1. The second-order valence-corrected chi connectivity index (χ2v) is 11.0. The van der Waals surface area contributed by atoms with Gasteiger partial charge in [-0.1, -0.05) is 30.3 Å². The molecule has 1 aliphatic heterocycles. The number of nitrogens with one attached hydrogen (secondary N) is 1. The molecule has 1 atom stereocenters. The summed E-state index contributed by atoms with van der Waals surface area (Å²) in [6.07, 6.45) is -3.09. The predicted octanol–water partition coefficient (Wildman–Crippen LogP) is 4.27. The molecule has 2 heterocycles. The maximum atomic E-state index is 15.1. The number of aromatic nitrogens is 2. The van der Waals surface area contributed by atoms with Crippen molar-refractivity contribution >= 4 is 38.3 Å². The number of anilines is 2. The molecule has 212 valence electrons. The molecule has 1 aromatic heterocycles. The molecule has 1 saturated heterocycles. The van der Waals surface area contributed by atoms with Crippen molar-refractivity contribution in [2.45, 2.75) is 37.0 Å². The fraction of sp³-hybridized carbons (Fsp3) is 0.348. The predicted molar refractivity (Wildman–Crippen MR) is 134 cm³/mol. The van der Waals surface area contributed by atoms with E-state index in [0.29, 0.717) is 5.69 Å². The monoisotopic (exact) mass is 593 g/mol. The Bertz CT molecular complexity index is 1390. The van der Waals surface area contributed by atoms with Crippen molar-refractivity contribution in [3.63, 3.8) is 0 Å². The van der Waals surface area contributed by atoms with Gasteiger partial charge in [-0.15, -0.1) is 0 Å². The molecule has 2 N–H and O–H groups in total. The number of rotatable bonds is 7. The van der Waals surface area contributed by atoms with Crippen LogP contribution in [-0.4, -0.2) is 66.1 Å². The molecule has 2 aromatic carbocycles. The van der Waals surface area contributed by atoms with Crippen LogP contribution in [-0.2, 0) is 21.4 Å². The molecule has 0 bridgehead atoms. The zero-order valence-electron chi connectivity index (χ0n) is 20.6. The van der Waals surface area contributed by atoms with Crippen molar-refractivity contribution in [3.05, 3.63) is 65.5 Å². The summed E-state index contributed by atoms with van der Waals surface area (Å²) in [7, 11) is -2.71. The Morgan fingerprint density at radius 2 is 1.90 bits per heavy atom. The second kappa shape index (κ2) is 12.2. The van der Waals surface area contributed by atoms with Gasteiger partial charge in [-0.25, -0.2) is 27.0 Å². The molecule has 9 nitrogen and oxygen atoms in total. The van der Waals surface area contributed by atoms with Crippen LogP contribution in [0.2, 0.25) is 0 Å². The first-order valence-corrected chi connectivity index (χ1v) is 13.5. The van der Waals surface area contributed by atoms with Gasteiger partial charge in [0.2, 0.25) is 5.13 Å². The lowest BCUT2D eigenvalue weighted by Crippen LogP contribution is -2.35. The molecule has 0 unspecified atom stereocenters. The average Bonchev–Trinajstić information content (AvgIpc) is 3.53. The van der Waals surface area contributed by atoms with Gasteiger partial charge in [-0.2, -0.15) is 17.5 Å². The SMILES string of the molecule is Cc1c(N(C)[C@H]2CCN(Cc3ccccc3)C2)cc(F)c(S(=O)(=O)Nc2ncns2)c1F.O=C(O)C(F)(F)F. The van der Waals surface area contributed by atoms with E-state index in [9.17, 15) is 26.0 Å². The average molecular weight is 594 g/mol. The van der Waals surface area contributed by atoms with E-state index in [4.69, 9.17) is 9.90 Å². The first-order chi connectivity index (χ1) is 18.2. The summed E-state index contributed by atoms with van der Waals surface area (Å²) >= 11 is 0.777. The molecule has 0 amide bonds. The summed E-state index contributed by atoms with van der Waals surface area (Å²) < 4.78 is 92.7. The molecule has 0 spiro atoms. The largest absolute Gasteiger partial charge is 0.490 e. The number of benzene rings is 2. The summed E-state index contributed by atoms with van der Waals surface area (Å²) in [4.78, 5) is 15.7. The third-order valence-corrected chi connectivity index (χ3v) is 7.99. The Kier molecular flexibility index (Phi) is 9.45. The van der Waals surface area contributed by atoms with Crippen molar-refractivity contribution in [2.24, 2.45) is 0 Å². The molecule has 1 aliphatic rings. The number of carboxylic acid groups (broad SMARTS) is 1. The highest BCUT2D eigenvalue weighted by Crippen LogP contribution is 2.33. The van der Waals surface area contributed by atoms with Gasteiger partial charge in [0, 0.05) is 55.5 Å². The normalized spacial score (nSPS) is 15.9. The topological polar surface area (TPSA) is 116 Å². The number of carboxylic acids is 1. The summed E-state index contributed by atoms with van der Waals surface area (Å²) in [5.41, 5.74) is 1.62. The molecule has 1 fully saturated rings. The van der Waals surface area contributed by atoms with Crippen LogP contribution >= 0.6 is 11.5 Å². The number of halogens is 5. The minimum atomic E-state index is -5.08. The van der Waals surface area contributed by atoms with Gasteiger partial charge >= 0.3 is 12.1 Å². The van der Waals surface area contributed by atoms with Crippen LogP contribution in [0.15, 0.2) is 47.6 Å². The lowest BCUT2D eigenvalue weighted by atomic mass is 10.1. The van der Waals surface area contributed by atoms with Crippen LogP contribution in [0.4, 0.5) is 32.8 Å². The van der Waals surface area contributed by atoms with E-state index in [2.05, 4.69) is 31.1 Å². The summed E-state index contributed by atoms with van der Waals surface area (Å²) in [6.45, 7) is 3.88. The van der Waals surface area contributed by atoms with Gasteiger partial charge in [-0.3, -0.25) is 9.62 Å². The highest BCUT2D eigenvalue weighted by molar-refractivity contribution is 7.93. The second-order valence-electron chi connectivity index (χ2n) is 8.57. The number of alkyl halides is 3. The van der Waals surface area contributed by atoms with Gasteiger partial charge in [0.15, 0.2) is 10.7 Å². The van der Waals surface area contributed by atoms with Gasteiger partial charge in [-0.05, 0) is 25.0 Å². The fourth-order valence-electron chi connectivity index (χ4n) is 3.99. The van der Waals surface area contributed by atoms with Crippen molar-refractivity contribution < 1.29 is 40.3 Å². The number of hydrogen-bond donors (Lipinski definition) is 2. The van der Waals surface area contributed by atoms with E-state index in [1.165, 1.54) is 12.5 Å². The maximum Gasteiger partial charge on any atom is 0.490 e. The molecule has 16 heteroatoms. The van der Waals surface area contributed by atoms with Crippen LogP contribution in [0.3, 0.4) is 0 Å². The maximum absolute atomic E-state index is 15.1. The zero-order chi connectivity index (χ0) is 29.0. The smallest absolute Gasteiger partial charge is 0.475 e. The standard InChI is InChI=1S/C21H23F2N5O2S2.C2HF3O2/c1-14-18(27(2)16-8-9-28(12-16)11-15-6-4-3-5-7-15)10-17(22)20(19(14)23)32(29,30)26-21-24-13-25-31-21;3-2(4,5)1(6)7/h3-7,10,13,16H,8-9,11-12H2,1-2H3,(H,24,25,26);(H,6,7)/t16-;/m0./s1. The van der Waals surface area contributed by atoms with Crippen LogP contribution < -0.4 is 9.62 Å². The number of carbonyl (C=O) groups is 1. The Hall–Kier alpha value is -3.37. The Labute approximate surface area is 225 Å². The van der Waals surface area contributed by atoms with Crippen LogP contribution in [0, 0.1) is 18.6 Å². The third-order valence-electron chi connectivity index (χ3n) is 5.91. The van der Waals surface area contributed by atoms with Crippen molar-refractivity contribution in [2.75, 3.05) is 29.8 Å². The minimum absolute atomic E-state index is 0.0539. The van der Waals surface area contributed by atoms with Crippen LogP contribution in [0.25, 0.3) is 0 Å². The molecule has 3 aromatic rings. The number of likely N-dealkylation sites (N-methyl/N-ethyl adjacent to an activating group) is 1. The Morgan fingerprint density at radius 3 is 2.46 bits per heavy atom. The quantitative estimate of drug-likeness (QED) is 0.391. The Morgan fingerprint density at radius 1 is 1.26 bits per heavy atom. The molecule has 0 radical (unpaired) electrons. The number of nitrogens with zero attached hydrogens (tertiary/aromatic N) is 4. The van der Waals surface area contributed by atoms with Crippen molar-refractivity contribution in [1.29, 1.82) is 0 Å². The number of sulfonamides is 1. The van der Waals surface area contributed by atoms with E-state index in [1.54, 1.807) is 7.05 Å². The Balaban J connectivity index is 0.000000532. The van der Waals surface area contributed by atoms with Gasteiger partial charge in [0.05, 0.1) is 0 Å². The zero-order valence-corrected chi connectivity index (χ0v) is 22.2. The van der Waals surface area contributed by atoms with E-state index in [0.717, 1.165) is 50.0 Å². The summed E-state index contributed by atoms with van der Waals surface area (Å²) in [5, 5.41) is 7.06. The van der Waals surface area contributed by atoms with Crippen LogP contribution in [0.1, 0.15) is 17.5 Å². The summed E-state index contributed by atoms with van der Waals surface area (Å²) in [6, 6.07) is 11.3. The van der Waals surface area contributed by atoms with Gasteiger partial charge in [0.1, 0.15) is 12.1 Å². The highest BCUT2D eigenvalue weighted by atomic mass is 32.2. The number of hydrogen-bond acceptors (Lipinski definition) is 8. The molecule has 0 saturated carbocycles. The van der Waals surface area contributed by atoms with E-state index in [-0.39, 0.29) is 16.7 Å². The molecular weight excluding hydrogens is 569 g/mol. The number of likely N-dealkylation sites (tertiary alicyclic amines) is 1. The molecule has 39 heavy (non-hydrogen) atoms. The third kappa shape index (κ3) is 7.60. The lowest BCUT2D eigenvalue weighted by Gasteiger charge is -2.29. The van der Waals surface area contributed by atoms with Crippen LogP contribution in [0.5, 0.6) is 0 Å². The molecular formula is C23H24F5N5O4S2. The van der Waals surface area contributed by atoms with Crippen molar-refractivity contribution in [1.82, 2.24) is 14.3 Å². The van der Waals surface area contributed by atoms with E-state index in [1.807, 2.05) is 23.1 Å². The molecule has 0 aliphatic carbocycles. The van der Waals surface area contributed by atoms with E-state index >= 15 is 4.39 Å². The lowest BCUT2D eigenvalue weighted by molar-refractivity contribution is -0.192. The van der Waals surface area contributed by atoms with E-state index < -0.39 is 38.7 Å². The van der Waals surface area contributed by atoms with Crippen molar-refractivity contribution in [3.8, 4) is 0 Å². The van der Waals surface area contributed by atoms with Gasteiger partial charge < -0.3 is 10.0 Å². The minimum Gasteiger partial charge on any atom is -0.475 e. The highest BCUT2D eigenvalue weighted by Gasteiger charge is 2.38. The first kappa shape index (κ1) is 30.2. The van der Waals surface area contributed by atoms with Gasteiger partial charge in [0.25, 0.3) is 10.0 Å².